The molecule has 0 saturated heterocycles. The largest absolute Gasteiger partial charge is 0.370 e. The number of carbonyl (C=O) groups is 9. The number of nitrogens with two attached hydrogens (primary N) is 5. The lowest BCUT2D eigenvalue weighted by Gasteiger charge is -2.34. The lowest BCUT2D eigenvalue weighted by molar-refractivity contribution is -0.131. The third-order valence-corrected chi connectivity index (χ3v) is 17.1. The van der Waals surface area contributed by atoms with E-state index in [2.05, 4.69) is 42.5 Å². The van der Waals surface area contributed by atoms with Crippen LogP contribution in [0.4, 0.5) is 0 Å². The van der Waals surface area contributed by atoms with E-state index >= 15 is 0 Å². The number of rotatable bonds is 38. The zero-order valence-electron chi connectivity index (χ0n) is 50.9. The molecule has 0 aromatic carbocycles. The van der Waals surface area contributed by atoms with Crippen LogP contribution in [0.3, 0.4) is 0 Å². The summed E-state index contributed by atoms with van der Waals surface area (Å²) < 4.78 is 0. The second kappa shape index (κ2) is 38.8. The minimum Gasteiger partial charge on any atom is -0.370 e. The smallest absolute Gasteiger partial charge is 0.225 e. The maximum absolute atomic E-state index is 14.2. The van der Waals surface area contributed by atoms with E-state index in [4.69, 9.17) is 28.7 Å². The highest BCUT2D eigenvalue weighted by atomic mass is 16.2. The minimum atomic E-state index is -0.551. The van der Waals surface area contributed by atoms with Gasteiger partial charge in [0, 0.05) is 92.9 Å². The number of nitrogens with one attached hydrogen (secondary N) is 8. The molecule has 18 N–H and O–H groups in total. The summed E-state index contributed by atoms with van der Waals surface area (Å²) in [4.78, 5) is 122. The first-order valence-electron chi connectivity index (χ1n) is 31.6. The molecular formula is C60H111N13O9. The molecule has 470 valence electrons. The van der Waals surface area contributed by atoms with Crippen LogP contribution in [0, 0.1) is 35.5 Å². The third-order valence-electron chi connectivity index (χ3n) is 17.1. The van der Waals surface area contributed by atoms with Crippen molar-refractivity contribution in [1.29, 1.82) is 0 Å². The summed E-state index contributed by atoms with van der Waals surface area (Å²) in [6, 6.07) is -4.03. The molecule has 0 aromatic rings. The molecule has 0 heterocycles. The van der Waals surface area contributed by atoms with Crippen LogP contribution in [0.1, 0.15) is 215 Å². The number of carbonyl (C=O) groups excluding carboxylic acids is 9. The molecule has 0 aromatic heterocycles. The lowest BCUT2D eigenvalue weighted by atomic mass is 9.83. The Balaban J connectivity index is 1.62. The number of primary amides is 1. The van der Waals surface area contributed by atoms with Gasteiger partial charge in [-0.05, 0) is 114 Å². The van der Waals surface area contributed by atoms with E-state index in [1.54, 1.807) is 0 Å². The Morgan fingerprint density at radius 2 is 0.683 bits per heavy atom. The Morgan fingerprint density at radius 3 is 1.00 bits per heavy atom. The first-order valence-corrected chi connectivity index (χ1v) is 31.6. The fourth-order valence-electron chi connectivity index (χ4n) is 11.9. The van der Waals surface area contributed by atoms with Gasteiger partial charge in [-0.2, -0.15) is 0 Å². The van der Waals surface area contributed by atoms with Gasteiger partial charge in [0.05, 0.1) is 17.8 Å². The molecule has 3 rings (SSSR count). The maximum atomic E-state index is 14.2. The normalized spacial score (nSPS) is 22.4. The first kappa shape index (κ1) is 71.3. The highest BCUT2D eigenvalue weighted by Gasteiger charge is 2.37. The summed E-state index contributed by atoms with van der Waals surface area (Å²) in [5.41, 5.74) is 29.1. The van der Waals surface area contributed by atoms with Gasteiger partial charge in [-0.15, -0.1) is 0 Å². The van der Waals surface area contributed by atoms with E-state index in [0.717, 1.165) is 70.6 Å². The minimum absolute atomic E-state index is 0.00508. The van der Waals surface area contributed by atoms with Crippen molar-refractivity contribution >= 4 is 53.2 Å². The Labute approximate surface area is 490 Å². The van der Waals surface area contributed by atoms with E-state index in [1.807, 2.05) is 41.5 Å². The molecular weight excluding hydrogens is 1050 g/mol. The van der Waals surface area contributed by atoms with Gasteiger partial charge < -0.3 is 71.2 Å². The molecule has 0 unspecified atom stereocenters. The van der Waals surface area contributed by atoms with E-state index < -0.39 is 66.1 Å². The molecule has 0 bridgehead atoms. The summed E-state index contributed by atoms with van der Waals surface area (Å²) >= 11 is 0. The van der Waals surface area contributed by atoms with Crippen molar-refractivity contribution in [3.05, 3.63) is 0 Å². The average Bonchev–Trinajstić information content (AvgIpc) is 3.46. The Kier molecular flexibility index (Phi) is 33.8. The molecule has 0 spiro atoms. The Bertz CT molecular complexity index is 1990. The van der Waals surface area contributed by atoms with Gasteiger partial charge in [0.15, 0.2) is 0 Å². The molecule has 22 heteroatoms. The molecule has 9 amide bonds. The zero-order valence-corrected chi connectivity index (χ0v) is 50.9. The van der Waals surface area contributed by atoms with Gasteiger partial charge in [0.2, 0.25) is 53.2 Å². The summed E-state index contributed by atoms with van der Waals surface area (Å²) in [5, 5.41) is 24.7. The van der Waals surface area contributed by atoms with E-state index in [9.17, 15) is 43.2 Å². The quantitative estimate of drug-likeness (QED) is 0.0396. The molecule has 3 aliphatic rings. The predicted octanol–water partition coefficient (Wildman–Crippen LogP) is 2.94. The second-order valence-electron chi connectivity index (χ2n) is 25.1. The van der Waals surface area contributed by atoms with Gasteiger partial charge in [-0.1, -0.05) is 99.3 Å². The fraction of sp³-hybridized carbons (Fsp3) is 0.850. The molecule has 0 radical (unpaired) electrons. The van der Waals surface area contributed by atoms with E-state index in [0.29, 0.717) is 83.8 Å². The van der Waals surface area contributed by atoms with Crippen LogP contribution < -0.4 is 71.2 Å². The van der Waals surface area contributed by atoms with Gasteiger partial charge >= 0.3 is 0 Å². The highest BCUT2D eigenvalue weighted by Crippen LogP contribution is 2.28. The van der Waals surface area contributed by atoms with Gasteiger partial charge in [-0.3, -0.25) is 43.2 Å². The van der Waals surface area contributed by atoms with Crippen LogP contribution in [-0.4, -0.2) is 127 Å². The van der Waals surface area contributed by atoms with Crippen LogP contribution in [0.5, 0.6) is 0 Å². The van der Waals surface area contributed by atoms with Crippen LogP contribution in [-0.2, 0) is 43.2 Å². The summed E-state index contributed by atoms with van der Waals surface area (Å²) in [6.45, 7) is 13.0. The standard InChI is InChI=1S/C60H111N13O9/c1-37(2)49(71-58(80)43-22-7-10-25-46(43)64)34-56(78)67-41(20-14-17-29-62)32-53(75)70-48-27-12-9-24-45(48)60(82)73-51(39(5)6)36-57(79)68-42(21-15-18-30-63)33-54(76)69-47-26-11-8-23-44(47)59(81)72-50(38(3)4)35-55(77)66-40(31-52(65)74)19-13-16-28-61/h37-51H,7-36,61-64H2,1-6H3,(H2,65,74)(H,66,77)(H,67,78)(H,68,79)(H,69,76)(H,70,75)(H,71,80)(H,72,81)(H,73,82)/t40-,41-,42-,43-,44-,45-,46-,47-,48-,49+,50+,51+/m0/s1. The van der Waals surface area contributed by atoms with Crippen molar-refractivity contribution in [2.24, 2.45) is 64.2 Å². The van der Waals surface area contributed by atoms with Gasteiger partial charge in [-0.25, -0.2) is 0 Å². The lowest BCUT2D eigenvalue weighted by Crippen LogP contribution is -2.53. The number of hydrogen-bond donors (Lipinski definition) is 13. The number of amides is 9. The van der Waals surface area contributed by atoms with Crippen molar-refractivity contribution in [1.82, 2.24) is 42.5 Å². The summed E-state index contributed by atoms with van der Waals surface area (Å²) in [7, 11) is 0. The molecule has 0 aliphatic heterocycles. The predicted molar refractivity (Wildman–Crippen MR) is 319 cm³/mol. The SMILES string of the molecule is CC(C)[C@@H](CC(=O)N[C@@H](CCCCN)CC(N)=O)NC(=O)[C@H]1CCCC[C@@H]1NC(=O)C[C@H](CCCCN)NC(=O)C[C@@H](NC(=O)[C@H]1CCCC[C@@H]1NC(=O)C[C@H](CCCCN)NC(=O)C[C@@H](NC(=O)[C@H]1CCCC[C@@H]1N)C(C)C)C(C)C. The van der Waals surface area contributed by atoms with E-state index in [-0.39, 0.29) is 115 Å². The molecule has 3 fully saturated rings. The second-order valence-corrected chi connectivity index (χ2v) is 25.1. The number of unbranched alkanes of at least 4 members (excludes halogenated alkanes) is 3. The maximum Gasteiger partial charge on any atom is 0.225 e. The molecule has 3 aliphatic carbocycles. The zero-order chi connectivity index (χ0) is 60.7. The fourth-order valence-corrected chi connectivity index (χ4v) is 11.9. The van der Waals surface area contributed by atoms with Crippen LogP contribution in [0.2, 0.25) is 0 Å². The van der Waals surface area contributed by atoms with Crippen molar-refractivity contribution in [3.63, 3.8) is 0 Å². The Hall–Kier alpha value is -4.93. The topological polar surface area (TPSA) is 380 Å². The van der Waals surface area contributed by atoms with Gasteiger partial charge in [0.25, 0.3) is 0 Å². The molecule has 22 nitrogen and oxygen atoms in total. The third kappa shape index (κ3) is 27.2. The molecule has 12 atom stereocenters. The highest BCUT2D eigenvalue weighted by molar-refractivity contribution is 5.86. The van der Waals surface area contributed by atoms with Crippen molar-refractivity contribution in [3.8, 4) is 0 Å². The van der Waals surface area contributed by atoms with Crippen molar-refractivity contribution in [2.45, 2.75) is 269 Å². The summed E-state index contributed by atoms with van der Waals surface area (Å²) in [5.74, 6) is -4.22. The van der Waals surface area contributed by atoms with E-state index in [1.165, 1.54) is 0 Å². The van der Waals surface area contributed by atoms with Crippen LogP contribution in [0.15, 0.2) is 0 Å². The first-order chi connectivity index (χ1) is 39.0. The van der Waals surface area contributed by atoms with Gasteiger partial charge in [0.1, 0.15) is 0 Å². The van der Waals surface area contributed by atoms with Crippen molar-refractivity contribution in [2.75, 3.05) is 19.6 Å². The monoisotopic (exact) mass is 1160 g/mol. The van der Waals surface area contributed by atoms with Crippen LogP contribution in [0.25, 0.3) is 0 Å². The summed E-state index contributed by atoms with van der Waals surface area (Å²) in [6.07, 6.45) is 14.8. The average molecular weight is 1160 g/mol. The number of hydrogen-bond acceptors (Lipinski definition) is 13. The Morgan fingerprint density at radius 1 is 0.378 bits per heavy atom. The van der Waals surface area contributed by atoms with Crippen LogP contribution >= 0.6 is 0 Å². The van der Waals surface area contributed by atoms with Crippen molar-refractivity contribution < 1.29 is 43.2 Å². The molecule has 82 heavy (non-hydrogen) atoms. The molecule has 3 saturated carbocycles.